The number of carbonyl (C=O) groups is 1. The number of carboxylic acids is 1. The van der Waals surface area contributed by atoms with E-state index < -0.39 is 5.97 Å². The van der Waals surface area contributed by atoms with Gasteiger partial charge in [-0.05, 0) is 37.6 Å². The van der Waals surface area contributed by atoms with Crippen LogP contribution in [0.25, 0.3) is 0 Å². The van der Waals surface area contributed by atoms with Gasteiger partial charge in [-0.15, -0.1) is 0 Å². The molecule has 5 heteroatoms. The van der Waals surface area contributed by atoms with Crippen molar-refractivity contribution in [2.45, 2.75) is 25.5 Å². The summed E-state index contributed by atoms with van der Waals surface area (Å²) in [6.45, 7) is 2.56. The van der Waals surface area contributed by atoms with Crippen LogP contribution >= 0.6 is 15.9 Å². The molecule has 0 bridgehead atoms. The van der Waals surface area contributed by atoms with Crippen LogP contribution in [0.5, 0.6) is 0 Å². The highest BCUT2D eigenvalue weighted by molar-refractivity contribution is 9.10. The van der Waals surface area contributed by atoms with Gasteiger partial charge in [-0.25, -0.2) is 4.79 Å². The van der Waals surface area contributed by atoms with E-state index in [-0.39, 0.29) is 0 Å². The number of rotatable bonds is 5. The molecule has 1 fully saturated rings. The first-order valence-electron chi connectivity index (χ1n) is 6.38. The van der Waals surface area contributed by atoms with Crippen LogP contribution < -0.4 is 0 Å². The van der Waals surface area contributed by atoms with Crippen molar-refractivity contribution in [2.75, 3.05) is 20.2 Å². The van der Waals surface area contributed by atoms with E-state index in [1.165, 1.54) is 0 Å². The fraction of sp³-hybridized carbons (Fsp3) is 0.500. The number of ether oxygens (including phenoxy) is 1. The monoisotopic (exact) mass is 327 g/mol. The fourth-order valence-corrected chi connectivity index (χ4v) is 2.80. The van der Waals surface area contributed by atoms with E-state index in [0.717, 1.165) is 42.6 Å². The number of carboxylic acid groups (broad SMARTS) is 1. The predicted molar refractivity (Wildman–Crippen MR) is 76.4 cm³/mol. The third-order valence-electron chi connectivity index (χ3n) is 3.28. The predicted octanol–water partition coefficient (Wildman–Crippen LogP) is 2.76. The molecular formula is C14H18BrNO3. The van der Waals surface area contributed by atoms with Crippen LogP contribution in [0.4, 0.5) is 0 Å². The first-order valence-corrected chi connectivity index (χ1v) is 7.17. The third kappa shape index (κ3) is 4.03. The summed E-state index contributed by atoms with van der Waals surface area (Å²) in [4.78, 5) is 13.1. The van der Waals surface area contributed by atoms with Crippen molar-refractivity contribution in [3.63, 3.8) is 0 Å². The van der Waals surface area contributed by atoms with Crippen LogP contribution in [0.2, 0.25) is 0 Å². The zero-order valence-corrected chi connectivity index (χ0v) is 12.5. The van der Waals surface area contributed by atoms with E-state index in [1.54, 1.807) is 12.1 Å². The van der Waals surface area contributed by atoms with Crippen molar-refractivity contribution < 1.29 is 14.6 Å². The van der Waals surface area contributed by atoms with Crippen molar-refractivity contribution in [1.82, 2.24) is 4.90 Å². The summed E-state index contributed by atoms with van der Waals surface area (Å²) in [5, 5.41) is 8.92. The molecule has 1 saturated heterocycles. The molecule has 1 N–H and O–H groups in total. The largest absolute Gasteiger partial charge is 0.478 e. The summed E-state index contributed by atoms with van der Waals surface area (Å²) in [6.07, 6.45) is 2.61. The first kappa shape index (κ1) is 14.5. The Morgan fingerprint density at radius 2 is 2.37 bits per heavy atom. The molecule has 2 rings (SSSR count). The summed E-state index contributed by atoms with van der Waals surface area (Å²) < 4.78 is 6.45. The van der Waals surface area contributed by atoms with Gasteiger partial charge in [0.15, 0.2) is 0 Å². The summed E-state index contributed by atoms with van der Waals surface area (Å²) in [5.74, 6) is -0.903. The average Bonchev–Trinajstić information content (AvgIpc) is 2.84. The van der Waals surface area contributed by atoms with Gasteiger partial charge in [-0.3, -0.25) is 4.90 Å². The Hall–Kier alpha value is -0.910. The molecule has 0 spiro atoms. The van der Waals surface area contributed by atoms with Crippen LogP contribution in [0.3, 0.4) is 0 Å². The van der Waals surface area contributed by atoms with Gasteiger partial charge in [0.25, 0.3) is 0 Å². The van der Waals surface area contributed by atoms with Gasteiger partial charge >= 0.3 is 5.97 Å². The van der Waals surface area contributed by atoms with Crippen LogP contribution in [-0.4, -0.2) is 42.3 Å². The highest BCUT2D eigenvalue weighted by Crippen LogP contribution is 2.21. The van der Waals surface area contributed by atoms with E-state index in [2.05, 4.69) is 27.9 Å². The van der Waals surface area contributed by atoms with E-state index in [1.807, 2.05) is 6.07 Å². The maximum absolute atomic E-state index is 10.9. The van der Waals surface area contributed by atoms with E-state index >= 15 is 0 Å². The first-order chi connectivity index (χ1) is 9.06. The minimum atomic E-state index is -0.903. The number of aromatic carboxylic acids is 1. The Bertz CT molecular complexity index is 458. The van der Waals surface area contributed by atoms with Gasteiger partial charge < -0.3 is 9.84 Å². The molecule has 19 heavy (non-hydrogen) atoms. The van der Waals surface area contributed by atoms with Crippen LogP contribution in [-0.2, 0) is 11.3 Å². The van der Waals surface area contributed by atoms with Gasteiger partial charge in [0.1, 0.15) is 0 Å². The van der Waals surface area contributed by atoms with Gasteiger partial charge in [-0.2, -0.15) is 0 Å². The van der Waals surface area contributed by atoms with E-state index in [0.29, 0.717) is 11.7 Å². The number of halogens is 1. The zero-order valence-electron chi connectivity index (χ0n) is 10.9. The average molecular weight is 328 g/mol. The van der Waals surface area contributed by atoms with Gasteiger partial charge in [0.05, 0.1) is 11.7 Å². The molecule has 0 amide bonds. The van der Waals surface area contributed by atoms with Crippen molar-refractivity contribution in [3.05, 3.63) is 33.8 Å². The molecular weight excluding hydrogens is 310 g/mol. The quantitative estimate of drug-likeness (QED) is 0.903. The molecule has 1 atom stereocenters. The van der Waals surface area contributed by atoms with E-state index in [9.17, 15) is 4.79 Å². The van der Waals surface area contributed by atoms with Crippen LogP contribution in [0.15, 0.2) is 22.7 Å². The lowest BCUT2D eigenvalue weighted by atomic mass is 10.1. The maximum Gasteiger partial charge on any atom is 0.335 e. The highest BCUT2D eigenvalue weighted by Gasteiger charge is 2.18. The SMILES string of the molecule is CN(Cc1ccc(C(=O)O)cc1Br)CC1CCCO1. The lowest BCUT2D eigenvalue weighted by Crippen LogP contribution is -2.28. The molecule has 1 aliphatic rings. The molecule has 1 aromatic carbocycles. The topological polar surface area (TPSA) is 49.8 Å². The normalized spacial score (nSPS) is 19.0. The Balaban J connectivity index is 1.96. The Kier molecular flexibility index (Phi) is 4.96. The second kappa shape index (κ2) is 6.50. The van der Waals surface area contributed by atoms with Gasteiger partial charge in [0.2, 0.25) is 0 Å². The maximum atomic E-state index is 10.9. The smallest absolute Gasteiger partial charge is 0.335 e. The van der Waals surface area contributed by atoms with Crippen LogP contribution in [0, 0.1) is 0 Å². The van der Waals surface area contributed by atoms with Crippen molar-refractivity contribution >= 4 is 21.9 Å². The molecule has 0 radical (unpaired) electrons. The summed E-state index contributed by atoms with van der Waals surface area (Å²) in [7, 11) is 2.05. The molecule has 0 saturated carbocycles. The number of likely N-dealkylation sites (N-methyl/N-ethyl adjacent to an activating group) is 1. The lowest BCUT2D eigenvalue weighted by Gasteiger charge is -2.21. The Morgan fingerprint density at radius 3 is 2.95 bits per heavy atom. The summed E-state index contributed by atoms with van der Waals surface area (Å²) >= 11 is 3.44. The number of benzene rings is 1. The minimum Gasteiger partial charge on any atom is -0.478 e. The molecule has 1 unspecified atom stereocenters. The summed E-state index contributed by atoms with van der Waals surface area (Å²) in [5.41, 5.74) is 1.39. The highest BCUT2D eigenvalue weighted by atomic mass is 79.9. The fourth-order valence-electron chi connectivity index (χ4n) is 2.30. The standard InChI is InChI=1S/C14H18BrNO3/c1-16(9-12-3-2-6-19-12)8-11-5-4-10(14(17)18)7-13(11)15/h4-5,7,12H,2-3,6,8-9H2,1H3,(H,17,18). The molecule has 1 aliphatic heterocycles. The molecule has 4 nitrogen and oxygen atoms in total. The van der Waals surface area contributed by atoms with Gasteiger partial charge in [-0.1, -0.05) is 22.0 Å². The van der Waals surface area contributed by atoms with Crippen molar-refractivity contribution in [2.24, 2.45) is 0 Å². The minimum absolute atomic E-state index is 0.303. The molecule has 1 aromatic rings. The summed E-state index contributed by atoms with van der Waals surface area (Å²) in [6, 6.07) is 5.15. The number of hydrogen-bond acceptors (Lipinski definition) is 3. The third-order valence-corrected chi connectivity index (χ3v) is 4.02. The molecule has 0 aliphatic carbocycles. The van der Waals surface area contributed by atoms with Gasteiger partial charge in [0, 0.05) is 24.2 Å². The van der Waals surface area contributed by atoms with Crippen molar-refractivity contribution in [3.8, 4) is 0 Å². The second-order valence-electron chi connectivity index (χ2n) is 4.94. The van der Waals surface area contributed by atoms with E-state index in [4.69, 9.17) is 9.84 Å². The van der Waals surface area contributed by atoms with Crippen molar-refractivity contribution in [1.29, 1.82) is 0 Å². The number of nitrogens with zero attached hydrogens (tertiary/aromatic N) is 1. The zero-order chi connectivity index (χ0) is 13.8. The lowest BCUT2D eigenvalue weighted by molar-refractivity contribution is 0.0697. The number of hydrogen-bond donors (Lipinski definition) is 1. The molecule has 104 valence electrons. The van der Waals surface area contributed by atoms with Crippen LogP contribution in [0.1, 0.15) is 28.8 Å². The second-order valence-corrected chi connectivity index (χ2v) is 5.80. The molecule has 0 aromatic heterocycles. The Morgan fingerprint density at radius 1 is 1.58 bits per heavy atom. The molecule has 1 heterocycles. The Labute approximate surface area is 121 Å².